The van der Waals surface area contributed by atoms with Crippen LogP contribution in [0, 0.1) is 0 Å². The van der Waals surface area contributed by atoms with Gasteiger partial charge >= 0.3 is 0 Å². The number of aliphatic hydroxyl groups is 1. The van der Waals surface area contributed by atoms with Crippen molar-refractivity contribution in [2.24, 2.45) is 0 Å². The lowest BCUT2D eigenvalue weighted by Crippen LogP contribution is -2.15. The Morgan fingerprint density at radius 1 is 1.75 bits per heavy atom. The molecule has 0 bridgehead atoms. The molecule has 0 saturated carbocycles. The molecule has 0 aliphatic heterocycles. The van der Waals surface area contributed by atoms with Gasteiger partial charge in [0.05, 0.1) is 12.3 Å². The minimum absolute atomic E-state index is 0.0464. The number of aliphatic hydroxyl groups excluding tert-OH is 1. The third-order valence-electron chi connectivity index (χ3n) is 1.82. The van der Waals surface area contributed by atoms with Gasteiger partial charge in [0.1, 0.15) is 5.01 Å². The topological polar surface area (TPSA) is 45.1 Å². The summed E-state index contributed by atoms with van der Waals surface area (Å²) in [6.07, 6.45) is 1.02. The van der Waals surface area contributed by atoms with E-state index in [1.807, 2.05) is 12.4 Å². The zero-order valence-electron chi connectivity index (χ0n) is 7.37. The van der Waals surface area contributed by atoms with Gasteiger partial charge < -0.3 is 10.4 Å². The van der Waals surface area contributed by atoms with Crippen molar-refractivity contribution in [3.8, 4) is 0 Å². The molecule has 0 saturated heterocycles. The first kappa shape index (κ1) is 9.64. The quantitative estimate of drug-likeness (QED) is 0.745. The Morgan fingerprint density at radius 2 is 2.50 bits per heavy atom. The van der Waals surface area contributed by atoms with E-state index in [1.54, 1.807) is 0 Å². The van der Waals surface area contributed by atoms with E-state index in [0.717, 1.165) is 17.1 Å². The fraction of sp³-hybridized carbons (Fsp3) is 0.625. The molecule has 0 aromatic carbocycles. The van der Waals surface area contributed by atoms with Crippen LogP contribution in [0.15, 0.2) is 5.38 Å². The summed E-state index contributed by atoms with van der Waals surface area (Å²) in [4.78, 5) is 4.28. The number of nitrogens with one attached hydrogen (secondary N) is 1. The van der Waals surface area contributed by atoms with Gasteiger partial charge in [-0.05, 0) is 13.5 Å². The molecule has 0 spiro atoms. The maximum atomic E-state index is 8.81. The molecule has 0 amide bonds. The molecule has 68 valence electrons. The maximum Gasteiger partial charge on any atom is 0.118 e. The van der Waals surface area contributed by atoms with Gasteiger partial charge in [0.25, 0.3) is 0 Å². The maximum absolute atomic E-state index is 8.81. The van der Waals surface area contributed by atoms with Gasteiger partial charge in [-0.25, -0.2) is 4.98 Å². The van der Waals surface area contributed by atoms with Crippen LogP contribution in [0.5, 0.6) is 0 Å². The summed E-state index contributed by atoms with van der Waals surface area (Å²) in [5.74, 6) is 0. The lowest BCUT2D eigenvalue weighted by atomic mass is 10.2. The Morgan fingerprint density at radius 3 is 2.92 bits per heavy atom. The summed E-state index contributed by atoms with van der Waals surface area (Å²) in [7, 11) is 1.92. The minimum Gasteiger partial charge on any atom is -0.389 e. The van der Waals surface area contributed by atoms with Crippen LogP contribution in [0.1, 0.15) is 30.1 Å². The molecule has 1 aromatic heterocycles. The van der Waals surface area contributed by atoms with Gasteiger partial charge in [-0.3, -0.25) is 0 Å². The van der Waals surface area contributed by atoms with Crippen LogP contribution in [-0.2, 0) is 6.61 Å². The first-order valence-corrected chi connectivity index (χ1v) is 4.92. The number of thiazole rings is 1. The van der Waals surface area contributed by atoms with E-state index >= 15 is 0 Å². The van der Waals surface area contributed by atoms with Crippen molar-refractivity contribution in [3.63, 3.8) is 0 Å². The van der Waals surface area contributed by atoms with Crippen molar-refractivity contribution in [3.05, 3.63) is 16.1 Å². The van der Waals surface area contributed by atoms with Crippen LogP contribution in [0.4, 0.5) is 0 Å². The monoisotopic (exact) mass is 186 g/mol. The van der Waals surface area contributed by atoms with Gasteiger partial charge in [0.15, 0.2) is 0 Å². The van der Waals surface area contributed by atoms with Crippen molar-refractivity contribution in [1.29, 1.82) is 0 Å². The summed E-state index contributed by atoms with van der Waals surface area (Å²) < 4.78 is 0. The number of rotatable bonds is 4. The molecule has 2 N–H and O–H groups in total. The first-order valence-electron chi connectivity index (χ1n) is 4.04. The standard InChI is InChI=1S/C8H14N2OS/c1-3-6(9-2)7-5-12-8(4-11)10-7/h5-6,9,11H,3-4H2,1-2H3. The van der Waals surface area contributed by atoms with Crippen molar-refractivity contribution in [2.45, 2.75) is 26.0 Å². The van der Waals surface area contributed by atoms with Crippen molar-refractivity contribution in [2.75, 3.05) is 7.05 Å². The van der Waals surface area contributed by atoms with Crippen LogP contribution >= 0.6 is 11.3 Å². The Balaban J connectivity index is 2.72. The largest absolute Gasteiger partial charge is 0.389 e. The van der Waals surface area contributed by atoms with Crippen molar-refractivity contribution >= 4 is 11.3 Å². The van der Waals surface area contributed by atoms with E-state index in [0.29, 0.717) is 6.04 Å². The minimum atomic E-state index is 0.0464. The molecule has 1 heterocycles. The highest BCUT2D eigenvalue weighted by Gasteiger charge is 2.09. The highest BCUT2D eigenvalue weighted by molar-refractivity contribution is 7.09. The molecule has 1 atom stereocenters. The van der Waals surface area contributed by atoms with Crippen LogP contribution in [0.2, 0.25) is 0 Å². The second-order valence-corrected chi connectivity index (χ2v) is 3.52. The third kappa shape index (κ3) is 2.03. The second-order valence-electron chi connectivity index (χ2n) is 2.57. The molecule has 0 fully saturated rings. The first-order chi connectivity index (χ1) is 5.81. The second kappa shape index (κ2) is 4.54. The lowest BCUT2D eigenvalue weighted by molar-refractivity contribution is 0.280. The van der Waals surface area contributed by atoms with Crippen LogP contribution < -0.4 is 5.32 Å². The Labute approximate surface area is 76.5 Å². The SMILES string of the molecule is CCC(NC)c1csc(CO)n1. The van der Waals surface area contributed by atoms with E-state index in [2.05, 4.69) is 17.2 Å². The molecule has 1 rings (SSSR count). The van der Waals surface area contributed by atoms with E-state index in [-0.39, 0.29) is 6.61 Å². The molecule has 0 aliphatic carbocycles. The zero-order valence-corrected chi connectivity index (χ0v) is 8.19. The van der Waals surface area contributed by atoms with E-state index < -0.39 is 0 Å². The van der Waals surface area contributed by atoms with Gasteiger partial charge in [-0.1, -0.05) is 6.92 Å². The van der Waals surface area contributed by atoms with Gasteiger partial charge in [0, 0.05) is 11.4 Å². The predicted octanol–water partition coefficient (Wildman–Crippen LogP) is 1.31. The third-order valence-corrected chi connectivity index (χ3v) is 2.67. The van der Waals surface area contributed by atoms with E-state index in [4.69, 9.17) is 5.11 Å². The highest BCUT2D eigenvalue weighted by Crippen LogP contribution is 2.18. The van der Waals surface area contributed by atoms with Crippen LogP contribution in [0.3, 0.4) is 0 Å². The predicted molar refractivity (Wildman–Crippen MR) is 50.1 cm³/mol. The van der Waals surface area contributed by atoms with Crippen molar-refractivity contribution in [1.82, 2.24) is 10.3 Å². The molecule has 0 aliphatic rings. The van der Waals surface area contributed by atoms with E-state index in [9.17, 15) is 0 Å². The molecule has 1 unspecified atom stereocenters. The fourth-order valence-corrected chi connectivity index (χ4v) is 1.83. The van der Waals surface area contributed by atoms with Crippen LogP contribution in [0.25, 0.3) is 0 Å². The highest BCUT2D eigenvalue weighted by atomic mass is 32.1. The molecule has 1 aromatic rings. The molecule has 0 radical (unpaired) electrons. The number of hydrogen-bond acceptors (Lipinski definition) is 4. The van der Waals surface area contributed by atoms with Gasteiger partial charge in [-0.15, -0.1) is 11.3 Å². The lowest BCUT2D eigenvalue weighted by Gasteiger charge is -2.09. The summed E-state index contributed by atoms with van der Waals surface area (Å²) in [5.41, 5.74) is 1.04. The smallest absolute Gasteiger partial charge is 0.118 e. The summed E-state index contributed by atoms with van der Waals surface area (Å²) in [6, 6.07) is 0.321. The Kier molecular flexibility index (Phi) is 3.65. The number of nitrogens with zero attached hydrogens (tertiary/aromatic N) is 1. The average molecular weight is 186 g/mol. The van der Waals surface area contributed by atoms with Gasteiger partial charge in [-0.2, -0.15) is 0 Å². The molecular formula is C8H14N2OS. The Hall–Kier alpha value is -0.450. The Bertz CT molecular complexity index is 233. The van der Waals surface area contributed by atoms with E-state index in [1.165, 1.54) is 11.3 Å². The summed E-state index contributed by atoms with van der Waals surface area (Å²) >= 11 is 1.51. The molecule has 12 heavy (non-hydrogen) atoms. The molecular weight excluding hydrogens is 172 g/mol. The average Bonchev–Trinajstić information content (AvgIpc) is 2.55. The van der Waals surface area contributed by atoms with Gasteiger partial charge in [0.2, 0.25) is 0 Å². The fourth-order valence-electron chi connectivity index (χ4n) is 1.12. The molecule has 3 nitrogen and oxygen atoms in total. The van der Waals surface area contributed by atoms with Crippen molar-refractivity contribution < 1.29 is 5.11 Å². The number of hydrogen-bond donors (Lipinski definition) is 2. The van der Waals surface area contributed by atoms with Crippen LogP contribution in [-0.4, -0.2) is 17.1 Å². The summed E-state index contributed by atoms with van der Waals surface area (Å²) in [5, 5.41) is 14.8. The molecule has 4 heteroatoms. The normalized spacial score (nSPS) is 13.2. The zero-order chi connectivity index (χ0) is 8.97. The summed E-state index contributed by atoms with van der Waals surface area (Å²) in [6.45, 7) is 2.16. The number of aromatic nitrogens is 1.